The molecule has 3 amide bonds. The largest absolute Gasteiger partial charge is 0.495 e. The Morgan fingerprint density at radius 2 is 2.08 bits per heavy atom. The Kier molecular flexibility index (Phi) is 5.62. The Morgan fingerprint density at radius 3 is 2.75 bits per heavy atom. The summed E-state index contributed by atoms with van der Waals surface area (Å²) in [4.78, 5) is 37.3. The van der Waals surface area contributed by atoms with Crippen molar-refractivity contribution < 1.29 is 23.9 Å². The maximum atomic E-state index is 12.6. The van der Waals surface area contributed by atoms with Gasteiger partial charge in [0.15, 0.2) is 0 Å². The highest BCUT2D eigenvalue weighted by Crippen LogP contribution is 2.26. The first kappa shape index (κ1) is 17.6. The zero-order valence-corrected chi connectivity index (χ0v) is 13.9. The van der Waals surface area contributed by atoms with Crippen molar-refractivity contribution in [3.8, 4) is 5.75 Å². The van der Waals surface area contributed by atoms with Gasteiger partial charge in [-0.05, 0) is 25.1 Å². The third-order valence-corrected chi connectivity index (χ3v) is 3.83. The molecule has 8 heteroatoms. The lowest BCUT2D eigenvalue weighted by Crippen LogP contribution is -2.44. The van der Waals surface area contributed by atoms with Crippen LogP contribution in [0.25, 0.3) is 0 Å². The highest BCUT2D eigenvalue weighted by molar-refractivity contribution is 5.95. The minimum atomic E-state index is -0.508. The first-order chi connectivity index (χ1) is 11.5. The number of benzene rings is 1. The van der Waals surface area contributed by atoms with Gasteiger partial charge in [0.05, 0.1) is 25.5 Å². The van der Waals surface area contributed by atoms with Crippen LogP contribution in [-0.4, -0.2) is 56.2 Å². The molecule has 0 aliphatic carbocycles. The first-order valence-electron chi connectivity index (χ1n) is 7.57. The Hall–Kier alpha value is -2.77. The SMILES string of the molecule is COC(=O)c1ccc(OC)c(NC(=O)N2CCC(=O)NCC2C)c1. The number of rotatable bonds is 3. The molecule has 1 saturated heterocycles. The van der Waals surface area contributed by atoms with Crippen molar-refractivity contribution in [3.63, 3.8) is 0 Å². The molecule has 130 valence electrons. The van der Waals surface area contributed by atoms with E-state index >= 15 is 0 Å². The van der Waals surface area contributed by atoms with E-state index in [4.69, 9.17) is 4.74 Å². The van der Waals surface area contributed by atoms with E-state index in [1.807, 2.05) is 6.92 Å². The van der Waals surface area contributed by atoms with Crippen molar-refractivity contribution in [1.82, 2.24) is 10.2 Å². The normalized spacial score (nSPS) is 17.5. The summed E-state index contributed by atoms with van der Waals surface area (Å²) in [6.45, 7) is 2.57. The molecule has 0 bridgehead atoms. The molecule has 2 N–H and O–H groups in total. The molecular weight excluding hydrogens is 314 g/mol. The quantitative estimate of drug-likeness (QED) is 0.810. The molecule has 24 heavy (non-hydrogen) atoms. The number of carbonyl (C=O) groups is 3. The number of ether oxygens (including phenoxy) is 2. The molecule has 0 aromatic heterocycles. The summed E-state index contributed by atoms with van der Waals surface area (Å²) >= 11 is 0. The van der Waals surface area contributed by atoms with Gasteiger partial charge in [0, 0.05) is 25.6 Å². The predicted molar refractivity (Wildman–Crippen MR) is 87.1 cm³/mol. The summed E-state index contributed by atoms with van der Waals surface area (Å²) in [5.74, 6) is -0.166. The number of esters is 1. The topological polar surface area (TPSA) is 97.0 Å². The van der Waals surface area contributed by atoms with Crippen LogP contribution in [0.4, 0.5) is 10.5 Å². The van der Waals surface area contributed by atoms with Gasteiger partial charge < -0.3 is 25.0 Å². The Balaban J connectivity index is 2.20. The van der Waals surface area contributed by atoms with Crippen LogP contribution in [0.2, 0.25) is 0 Å². The third kappa shape index (κ3) is 3.95. The van der Waals surface area contributed by atoms with E-state index in [1.165, 1.54) is 20.3 Å². The number of nitrogens with zero attached hydrogens (tertiary/aromatic N) is 1. The summed E-state index contributed by atoms with van der Waals surface area (Å²) in [6.07, 6.45) is 0.247. The lowest BCUT2D eigenvalue weighted by Gasteiger charge is -2.27. The molecule has 1 atom stereocenters. The van der Waals surface area contributed by atoms with Crippen LogP contribution in [0.3, 0.4) is 0 Å². The van der Waals surface area contributed by atoms with E-state index in [0.29, 0.717) is 30.1 Å². The molecule has 8 nitrogen and oxygen atoms in total. The first-order valence-corrected chi connectivity index (χ1v) is 7.57. The minimum Gasteiger partial charge on any atom is -0.495 e. The van der Waals surface area contributed by atoms with Gasteiger partial charge in [-0.25, -0.2) is 9.59 Å². The number of hydrogen-bond acceptors (Lipinski definition) is 5. The van der Waals surface area contributed by atoms with Crippen LogP contribution < -0.4 is 15.4 Å². The summed E-state index contributed by atoms with van der Waals surface area (Å²) in [5.41, 5.74) is 0.662. The Bertz CT molecular complexity index is 647. The smallest absolute Gasteiger partial charge is 0.337 e. The fourth-order valence-corrected chi connectivity index (χ4v) is 2.44. The fraction of sp³-hybridized carbons (Fsp3) is 0.438. The lowest BCUT2D eigenvalue weighted by atomic mass is 10.2. The van der Waals surface area contributed by atoms with Gasteiger partial charge in [0.1, 0.15) is 5.75 Å². The van der Waals surface area contributed by atoms with E-state index in [1.54, 1.807) is 17.0 Å². The second-order valence-electron chi connectivity index (χ2n) is 5.43. The average molecular weight is 335 g/mol. The van der Waals surface area contributed by atoms with Crippen LogP contribution in [0.1, 0.15) is 23.7 Å². The zero-order chi connectivity index (χ0) is 17.7. The highest BCUT2D eigenvalue weighted by Gasteiger charge is 2.25. The highest BCUT2D eigenvalue weighted by atomic mass is 16.5. The van der Waals surface area contributed by atoms with Gasteiger partial charge in [-0.3, -0.25) is 4.79 Å². The number of urea groups is 1. The van der Waals surface area contributed by atoms with E-state index in [-0.39, 0.29) is 24.4 Å². The second-order valence-corrected chi connectivity index (χ2v) is 5.43. The number of anilines is 1. The van der Waals surface area contributed by atoms with Crippen molar-refractivity contribution in [3.05, 3.63) is 23.8 Å². The molecule has 1 fully saturated rings. The standard InChI is InChI=1S/C16H21N3O5/c1-10-9-17-14(20)6-7-19(10)16(22)18-12-8-11(15(21)24-3)4-5-13(12)23-2/h4-5,8,10H,6-7,9H2,1-3H3,(H,17,20)(H,18,22). The molecule has 1 unspecified atom stereocenters. The molecule has 1 aromatic rings. The van der Waals surface area contributed by atoms with Crippen LogP contribution >= 0.6 is 0 Å². The molecule has 0 radical (unpaired) electrons. The Morgan fingerprint density at radius 1 is 1.33 bits per heavy atom. The van der Waals surface area contributed by atoms with E-state index in [9.17, 15) is 14.4 Å². The fourth-order valence-electron chi connectivity index (χ4n) is 2.44. The number of hydrogen-bond donors (Lipinski definition) is 2. The van der Waals surface area contributed by atoms with Crippen LogP contribution in [0, 0.1) is 0 Å². The van der Waals surface area contributed by atoms with Crippen LogP contribution in [-0.2, 0) is 9.53 Å². The van der Waals surface area contributed by atoms with Crippen molar-refractivity contribution >= 4 is 23.6 Å². The van der Waals surface area contributed by atoms with Crippen molar-refractivity contribution in [2.45, 2.75) is 19.4 Å². The van der Waals surface area contributed by atoms with Gasteiger partial charge in [-0.15, -0.1) is 0 Å². The average Bonchev–Trinajstić information content (AvgIpc) is 2.75. The van der Waals surface area contributed by atoms with Gasteiger partial charge in [0.25, 0.3) is 0 Å². The molecular formula is C16H21N3O5. The maximum absolute atomic E-state index is 12.6. The number of methoxy groups -OCH3 is 2. The maximum Gasteiger partial charge on any atom is 0.337 e. The van der Waals surface area contributed by atoms with Gasteiger partial charge in [0.2, 0.25) is 5.91 Å². The summed E-state index contributed by atoms with van der Waals surface area (Å²) < 4.78 is 9.90. The zero-order valence-electron chi connectivity index (χ0n) is 13.9. The number of amides is 3. The molecule has 0 spiro atoms. The number of nitrogens with one attached hydrogen (secondary N) is 2. The Labute approximate surface area is 140 Å². The van der Waals surface area contributed by atoms with Crippen molar-refractivity contribution in [2.24, 2.45) is 0 Å². The summed E-state index contributed by atoms with van der Waals surface area (Å²) in [5, 5.41) is 5.49. The number of carbonyl (C=O) groups excluding carboxylic acids is 3. The minimum absolute atomic E-state index is 0.0811. The van der Waals surface area contributed by atoms with Gasteiger partial charge >= 0.3 is 12.0 Å². The van der Waals surface area contributed by atoms with Crippen molar-refractivity contribution in [2.75, 3.05) is 32.6 Å². The van der Waals surface area contributed by atoms with E-state index in [0.717, 1.165) is 0 Å². The third-order valence-electron chi connectivity index (χ3n) is 3.83. The molecule has 1 aliphatic heterocycles. The van der Waals surface area contributed by atoms with Gasteiger partial charge in [-0.1, -0.05) is 0 Å². The van der Waals surface area contributed by atoms with Crippen LogP contribution in [0.5, 0.6) is 5.75 Å². The predicted octanol–water partition coefficient (Wildman–Crippen LogP) is 1.22. The van der Waals surface area contributed by atoms with E-state index in [2.05, 4.69) is 15.4 Å². The molecule has 2 rings (SSSR count). The molecule has 1 aromatic carbocycles. The van der Waals surface area contributed by atoms with Crippen LogP contribution in [0.15, 0.2) is 18.2 Å². The molecule has 1 heterocycles. The second kappa shape index (κ2) is 7.67. The van der Waals surface area contributed by atoms with Crippen molar-refractivity contribution in [1.29, 1.82) is 0 Å². The van der Waals surface area contributed by atoms with E-state index < -0.39 is 5.97 Å². The summed E-state index contributed by atoms with van der Waals surface area (Å²) in [6, 6.07) is 4.12. The van der Waals surface area contributed by atoms with Gasteiger partial charge in [-0.2, -0.15) is 0 Å². The monoisotopic (exact) mass is 335 g/mol. The molecule has 0 saturated carbocycles. The lowest BCUT2D eigenvalue weighted by molar-refractivity contribution is -0.120. The molecule has 1 aliphatic rings. The summed E-state index contributed by atoms with van der Waals surface area (Å²) in [7, 11) is 2.76.